The lowest BCUT2D eigenvalue weighted by atomic mass is 9.82. The van der Waals surface area contributed by atoms with Gasteiger partial charge in [-0.05, 0) is 96.6 Å². The third-order valence-electron chi connectivity index (χ3n) is 9.71. The molecule has 232 valence electrons. The summed E-state index contributed by atoms with van der Waals surface area (Å²) in [4.78, 5) is 13.4. The van der Waals surface area contributed by atoms with Crippen LogP contribution in [0.1, 0.15) is 142 Å². The van der Waals surface area contributed by atoms with Crippen molar-refractivity contribution in [1.29, 1.82) is 0 Å². The third-order valence-corrected chi connectivity index (χ3v) is 13.7. The predicted octanol–water partition coefficient (Wildman–Crippen LogP) is 12.0. The number of carbonyl (C=O) groups excluding carboxylic acids is 1. The van der Waals surface area contributed by atoms with Crippen LogP contribution in [0.5, 0.6) is 0 Å². The van der Waals surface area contributed by atoms with Crippen molar-refractivity contribution in [3.05, 3.63) is 76.9 Å². The van der Waals surface area contributed by atoms with E-state index in [9.17, 15) is 4.79 Å². The van der Waals surface area contributed by atoms with Crippen LogP contribution >= 0.6 is 7.92 Å². The molecule has 2 heteroatoms. The molecule has 1 aliphatic rings. The molecule has 1 aliphatic heterocycles. The first-order chi connectivity index (χ1) is 20.3. The number of rotatable bonds is 9. The summed E-state index contributed by atoms with van der Waals surface area (Å²) >= 11 is 0. The van der Waals surface area contributed by atoms with E-state index in [1.807, 2.05) is 0 Å². The van der Waals surface area contributed by atoms with E-state index in [0.29, 0.717) is 65.5 Å². The second-order valence-electron chi connectivity index (χ2n) is 14.9. The molecule has 1 fully saturated rings. The molecule has 3 aromatic rings. The molecular formula is C41H57OP. The minimum atomic E-state index is -0.636. The zero-order valence-electron chi connectivity index (χ0n) is 29.1. The van der Waals surface area contributed by atoms with E-state index in [4.69, 9.17) is 0 Å². The van der Waals surface area contributed by atoms with Crippen molar-refractivity contribution < 1.29 is 4.79 Å². The number of benzene rings is 3. The molecule has 0 bridgehead atoms. The average molecular weight is 597 g/mol. The number of carbonyl (C=O) groups is 1. The molecule has 2 atom stereocenters. The second-order valence-corrected chi connectivity index (χ2v) is 17.5. The molecule has 0 saturated carbocycles. The van der Waals surface area contributed by atoms with Crippen LogP contribution in [0.25, 0.3) is 22.3 Å². The highest BCUT2D eigenvalue weighted by Crippen LogP contribution is 2.60. The standard InChI is InChI=1S/C41H57OP/c1-24(2)31-16-13-17-32(25(3)4)39(31)35-20-15-21-36(40-33(26(5)6)18-14-19-34(40)27(7)8)41(35)43-37(28(9)10)22-30(42)23-38(43)29(11)12/h13-21,24-29,37-38H,22-23H2,1-12H3. The first-order valence-electron chi connectivity index (χ1n) is 16.9. The first-order valence-corrected chi connectivity index (χ1v) is 18.4. The van der Waals surface area contributed by atoms with Gasteiger partial charge in [0.15, 0.2) is 0 Å². The van der Waals surface area contributed by atoms with Crippen LogP contribution in [-0.2, 0) is 4.79 Å². The molecule has 1 heterocycles. The number of ketones is 1. The summed E-state index contributed by atoms with van der Waals surface area (Å²) in [6.45, 7) is 28.2. The van der Waals surface area contributed by atoms with Crippen molar-refractivity contribution in [1.82, 2.24) is 0 Å². The van der Waals surface area contributed by atoms with Crippen LogP contribution in [-0.4, -0.2) is 17.1 Å². The Bertz CT molecular complexity index is 1270. The molecular weight excluding hydrogens is 539 g/mol. The van der Waals surface area contributed by atoms with E-state index >= 15 is 0 Å². The maximum Gasteiger partial charge on any atom is 0.134 e. The molecule has 1 saturated heterocycles. The van der Waals surface area contributed by atoms with E-state index in [2.05, 4.69) is 138 Å². The van der Waals surface area contributed by atoms with Gasteiger partial charge in [0.2, 0.25) is 0 Å². The minimum Gasteiger partial charge on any atom is -0.300 e. The molecule has 0 spiro atoms. The molecule has 4 rings (SSSR count). The molecule has 0 radical (unpaired) electrons. The highest BCUT2D eigenvalue weighted by molar-refractivity contribution is 7.68. The van der Waals surface area contributed by atoms with Crippen molar-refractivity contribution >= 4 is 19.0 Å². The van der Waals surface area contributed by atoms with E-state index in [1.165, 1.54) is 44.5 Å². The van der Waals surface area contributed by atoms with Gasteiger partial charge in [-0.15, -0.1) is 0 Å². The molecule has 0 aromatic heterocycles. The smallest absolute Gasteiger partial charge is 0.134 e. The van der Waals surface area contributed by atoms with E-state index in [0.717, 1.165) is 0 Å². The lowest BCUT2D eigenvalue weighted by Crippen LogP contribution is -2.38. The predicted molar refractivity (Wildman–Crippen MR) is 192 cm³/mol. The Hall–Kier alpha value is -2.24. The van der Waals surface area contributed by atoms with Crippen LogP contribution in [0.2, 0.25) is 0 Å². The number of hydrogen-bond donors (Lipinski definition) is 0. The van der Waals surface area contributed by atoms with Gasteiger partial charge in [0, 0.05) is 12.8 Å². The molecule has 2 unspecified atom stereocenters. The fraction of sp³-hybridized carbons (Fsp3) is 0.537. The fourth-order valence-corrected chi connectivity index (χ4v) is 11.6. The van der Waals surface area contributed by atoms with Gasteiger partial charge >= 0.3 is 0 Å². The van der Waals surface area contributed by atoms with Gasteiger partial charge in [-0.25, -0.2) is 0 Å². The summed E-state index contributed by atoms with van der Waals surface area (Å²) in [7, 11) is -0.636. The van der Waals surface area contributed by atoms with Crippen molar-refractivity contribution in [2.24, 2.45) is 11.8 Å². The summed E-state index contributed by atoms with van der Waals surface area (Å²) in [5.41, 5.74) is 12.3. The first kappa shape index (κ1) is 33.6. The van der Waals surface area contributed by atoms with Gasteiger partial charge in [0.05, 0.1) is 0 Å². The fourth-order valence-electron chi connectivity index (χ4n) is 7.39. The van der Waals surface area contributed by atoms with Crippen LogP contribution in [0.3, 0.4) is 0 Å². The molecule has 0 N–H and O–H groups in total. The maximum absolute atomic E-state index is 13.4. The Morgan fingerprint density at radius 1 is 0.512 bits per heavy atom. The van der Waals surface area contributed by atoms with Crippen molar-refractivity contribution in [2.75, 3.05) is 0 Å². The van der Waals surface area contributed by atoms with E-state index in [1.54, 1.807) is 5.30 Å². The number of Topliss-reactive ketones (excluding diaryl/α,β-unsaturated/α-hetero) is 1. The van der Waals surface area contributed by atoms with Gasteiger partial charge in [-0.1, -0.05) is 146 Å². The van der Waals surface area contributed by atoms with E-state index < -0.39 is 7.92 Å². The van der Waals surface area contributed by atoms with Gasteiger partial charge in [0.25, 0.3) is 0 Å². The highest BCUT2D eigenvalue weighted by atomic mass is 31.1. The topological polar surface area (TPSA) is 17.1 Å². The largest absolute Gasteiger partial charge is 0.300 e. The molecule has 0 amide bonds. The van der Waals surface area contributed by atoms with Crippen molar-refractivity contribution in [3.8, 4) is 22.3 Å². The van der Waals surface area contributed by atoms with Crippen molar-refractivity contribution in [3.63, 3.8) is 0 Å². The Balaban J connectivity index is 2.26. The zero-order valence-corrected chi connectivity index (χ0v) is 30.0. The summed E-state index contributed by atoms with van der Waals surface area (Å²) < 4.78 is 0. The van der Waals surface area contributed by atoms with Crippen molar-refractivity contribution in [2.45, 2.75) is 131 Å². The molecule has 1 nitrogen and oxygen atoms in total. The monoisotopic (exact) mass is 596 g/mol. The molecule has 43 heavy (non-hydrogen) atoms. The molecule has 3 aromatic carbocycles. The normalized spacial score (nSPS) is 19.6. The van der Waals surface area contributed by atoms with Gasteiger partial charge in [-0.3, -0.25) is 4.79 Å². The Morgan fingerprint density at radius 3 is 1.09 bits per heavy atom. The van der Waals surface area contributed by atoms with Gasteiger partial charge in [0.1, 0.15) is 5.78 Å². The van der Waals surface area contributed by atoms with Crippen LogP contribution in [0.4, 0.5) is 0 Å². The third kappa shape index (κ3) is 6.73. The zero-order chi connectivity index (χ0) is 31.7. The number of hydrogen-bond acceptors (Lipinski definition) is 1. The maximum atomic E-state index is 13.4. The Labute approximate surface area is 265 Å². The minimum absolute atomic E-state index is 0.381. The Morgan fingerprint density at radius 2 is 0.814 bits per heavy atom. The van der Waals surface area contributed by atoms with Crippen LogP contribution < -0.4 is 5.30 Å². The summed E-state index contributed by atoms with van der Waals surface area (Å²) in [5.74, 6) is 3.04. The Kier molecular flexibility index (Phi) is 10.8. The average Bonchev–Trinajstić information content (AvgIpc) is 2.95. The second kappa shape index (κ2) is 13.8. The van der Waals surface area contributed by atoms with Crippen LogP contribution in [0.15, 0.2) is 54.6 Å². The van der Waals surface area contributed by atoms with Gasteiger partial charge < -0.3 is 0 Å². The summed E-state index contributed by atoms with van der Waals surface area (Å²) in [6.07, 6.45) is 1.43. The lowest BCUT2D eigenvalue weighted by molar-refractivity contribution is -0.119. The highest BCUT2D eigenvalue weighted by Gasteiger charge is 2.43. The lowest BCUT2D eigenvalue weighted by Gasteiger charge is -2.44. The summed E-state index contributed by atoms with van der Waals surface area (Å²) in [6, 6.07) is 21.2. The van der Waals surface area contributed by atoms with Gasteiger partial charge in [-0.2, -0.15) is 0 Å². The van der Waals surface area contributed by atoms with Crippen LogP contribution in [0, 0.1) is 11.8 Å². The molecule has 0 aliphatic carbocycles. The summed E-state index contributed by atoms with van der Waals surface area (Å²) in [5, 5.41) is 1.56. The SMILES string of the molecule is CC(C)c1cccc(C(C)C)c1-c1cccc(-c2c(C(C)C)cccc2C(C)C)c1P1C(C(C)C)CC(=O)CC1C(C)C. The van der Waals surface area contributed by atoms with E-state index in [-0.39, 0.29) is 0 Å². The quantitative estimate of drug-likeness (QED) is 0.225.